The lowest BCUT2D eigenvalue weighted by molar-refractivity contribution is 0.194. The fraction of sp³-hybridized carbons (Fsp3) is 0.278. The van der Waals surface area contributed by atoms with Gasteiger partial charge in [-0.1, -0.05) is 24.3 Å². The molecule has 0 spiro atoms. The van der Waals surface area contributed by atoms with Gasteiger partial charge in [0.05, 0.1) is 5.69 Å². The molecule has 3 rings (SSSR count). The largest absolute Gasteiger partial charge is 0.367 e. The van der Waals surface area contributed by atoms with E-state index in [4.69, 9.17) is 0 Å². The normalized spacial score (nSPS) is 14.6. The van der Waals surface area contributed by atoms with E-state index in [-0.39, 0.29) is 11.8 Å². The van der Waals surface area contributed by atoms with E-state index in [1.165, 1.54) is 12.1 Å². The molecule has 0 aliphatic carbocycles. The zero-order valence-electron chi connectivity index (χ0n) is 13.2. The summed E-state index contributed by atoms with van der Waals surface area (Å²) in [5, 5.41) is 2.89. The Bertz CT molecular complexity index is 700. The van der Waals surface area contributed by atoms with Crippen LogP contribution in [0.1, 0.15) is 5.56 Å². The summed E-state index contributed by atoms with van der Waals surface area (Å²) in [6, 6.07) is 14.2. The molecule has 1 fully saturated rings. The van der Waals surface area contributed by atoms with E-state index in [1.807, 2.05) is 23.1 Å². The van der Waals surface area contributed by atoms with Gasteiger partial charge in [-0.2, -0.15) is 0 Å². The summed E-state index contributed by atoms with van der Waals surface area (Å²) in [5.74, 6) is -0.270. The minimum Gasteiger partial charge on any atom is -0.367 e. The number of hydrogen-bond donors (Lipinski definition) is 1. The Hall–Kier alpha value is -2.08. The van der Waals surface area contributed by atoms with E-state index in [0.717, 1.165) is 28.8 Å². The van der Waals surface area contributed by atoms with E-state index in [1.54, 1.807) is 12.1 Å². The molecule has 4 nitrogen and oxygen atoms in total. The number of urea groups is 1. The number of amides is 2. The summed E-state index contributed by atoms with van der Waals surface area (Å²) >= 11 is 3.57. The number of carbonyl (C=O) groups is 1. The number of benzene rings is 2. The molecule has 24 heavy (non-hydrogen) atoms. The number of hydrogen-bond acceptors (Lipinski definition) is 2. The summed E-state index contributed by atoms with van der Waals surface area (Å²) in [6.45, 7) is 3.36. The molecule has 126 valence electrons. The van der Waals surface area contributed by atoms with Crippen molar-refractivity contribution in [3.63, 3.8) is 0 Å². The number of halogens is 2. The van der Waals surface area contributed by atoms with Crippen LogP contribution in [0.5, 0.6) is 0 Å². The smallest absolute Gasteiger partial charge is 0.317 e. The third-order valence-electron chi connectivity index (χ3n) is 4.12. The second-order valence-corrected chi connectivity index (χ2v) is 6.57. The van der Waals surface area contributed by atoms with E-state index in [0.29, 0.717) is 19.6 Å². The standard InChI is InChI=1S/C18H19BrFN3O/c19-16-3-1-2-4-17(16)22-9-11-23(12-10-22)18(24)21-13-14-5-7-15(20)8-6-14/h1-8H,9-13H2,(H,21,24). The molecule has 2 aromatic rings. The molecule has 0 bridgehead atoms. The lowest BCUT2D eigenvalue weighted by Crippen LogP contribution is -2.51. The number of carbonyl (C=O) groups excluding carboxylic acids is 1. The van der Waals surface area contributed by atoms with Crippen LogP contribution in [0.15, 0.2) is 53.0 Å². The number of piperazine rings is 1. The zero-order chi connectivity index (χ0) is 16.9. The number of rotatable bonds is 3. The van der Waals surface area contributed by atoms with Crippen LogP contribution < -0.4 is 10.2 Å². The lowest BCUT2D eigenvalue weighted by Gasteiger charge is -2.36. The van der Waals surface area contributed by atoms with Crippen molar-refractivity contribution < 1.29 is 9.18 Å². The summed E-state index contributed by atoms with van der Waals surface area (Å²) in [5.41, 5.74) is 2.04. The van der Waals surface area contributed by atoms with E-state index in [2.05, 4.69) is 32.2 Å². The maximum absolute atomic E-state index is 12.9. The first-order valence-electron chi connectivity index (χ1n) is 7.90. The molecule has 2 aromatic carbocycles. The summed E-state index contributed by atoms with van der Waals surface area (Å²) < 4.78 is 13.9. The first-order valence-corrected chi connectivity index (χ1v) is 8.69. The second-order valence-electron chi connectivity index (χ2n) is 5.71. The van der Waals surface area contributed by atoms with Crippen molar-refractivity contribution in [3.05, 3.63) is 64.4 Å². The van der Waals surface area contributed by atoms with Crippen LogP contribution in [0.2, 0.25) is 0 Å². The summed E-state index contributed by atoms with van der Waals surface area (Å²) in [4.78, 5) is 16.3. The van der Waals surface area contributed by atoms with Crippen molar-refractivity contribution in [2.75, 3.05) is 31.1 Å². The molecule has 0 radical (unpaired) electrons. The van der Waals surface area contributed by atoms with Crippen LogP contribution in [0.4, 0.5) is 14.9 Å². The molecule has 0 saturated carbocycles. The van der Waals surface area contributed by atoms with Crippen molar-refractivity contribution >= 4 is 27.6 Å². The topological polar surface area (TPSA) is 35.6 Å². The van der Waals surface area contributed by atoms with Crippen LogP contribution in [0.3, 0.4) is 0 Å². The molecule has 0 unspecified atom stereocenters. The number of nitrogens with one attached hydrogen (secondary N) is 1. The van der Waals surface area contributed by atoms with Gasteiger partial charge >= 0.3 is 6.03 Å². The third-order valence-corrected chi connectivity index (χ3v) is 4.79. The average molecular weight is 392 g/mol. The van der Waals surface area contributed by atoms with Crippen molar-refractivity contribution in [1.29, 1.82) is 0 Å². The third kappa shape index (κ3) is 4.06. The highest BCUT2D eigenvalue weighted by Gasteiger charge is 2.21. The quantitative estimate of drug-likeness (QED) is 0.866. The fourth-order valence-electron chi connectivity index (χ4n) is 2.75. The fourth-order valence-corrected chi connectivity index (χ4v) is 3.29. The van der Waals surface area contributed by atoms with Crippen LogP contribution in [-0.4, -0.2) is 37.1 Å². The van der Waals surface area contributed by atoms with Crippen LogP contribution >= 0.6 is 15.9 Å². The molecule has 1 saturated heterocycles. The molecule has 1 heterocycles. The highest BCUT2D eigenvalue weighted by molar-refractivity contribution is 9.10. The first-order chi connectivity index (χ1) is 11.6. The molecule has 1 N–H and O–H groups in total. The van der Waals surface area contributed by atoms with Gasteiger partial charge in [-0.3, -0.25) is 0 Å². The first kappa shape index (κ1) is 16.8. The Morgan fingerprint density at radius 1 is 1.04 bits per heavy atom. The van der Waals surface area contributed by atoms with E-state index >= 15 is 0 Å². The lowest BCUT2D eigenvalue weighted by atomic mass is 10.2. The highest BCUT2D eigenvalue weighted by atomic mass is 79.9. The molecule has 6 heteroatoms. The van der Waals surface area contributed by atoms with Gasteiger partial charge in [-0.15, -0.1) is 0 Å². The molecule has 0 aromatic heterocycles. The van der Waals surface area contributed by atoms with Gasteiger partial charge in [0, 0.05) is 37.2 Å². The van der Waals surface area contributed by atoms with Gasteiger partial charge in [0.15, 0.2) is 0 Å². The van der Waals surface area contributed by atoms with Crippen molar-refractivity contribution in [2.45, 2.75) is 6.54 Å². The van der Waals surface area contributed by atoms with Crippen molar-refractivity contribution in [3.8, 4) is 0 Å². The zero-order valence-corrected chi connectivity index (χ0v) is 14.8. The highest BCUT2D eigenvalue weighted by Crippen LogP contribution is 2.26. The van der Waals surface area contributed by atoms with Crippen molar-refractivity contribution in [2.24, 2.45) is 0 Å². The van der Waals surface area contributed by atoms with Crippen LogP contribution in [0, 0.1) is 5.82 Å². The summed E-state index contributed by atoms with van der Waals surface area (Å²) in [6.07, 6.45) is 0. The maximum atomic E-state index is 12.9. The molecule has 2 amide bonds. The monoisotopic (exact) mass is 391 g/mol. The van der Waals surface area contributed by atoms with Gasteiger partial charge in [-0.05, 0) is 45.8 Å². The van der Waals surface area contributed by atoms with Gasteiger partial charge in [0.2, 0.25) is 0 Å². The van der Waals surface area contributed by atoms with Crippen LogP contribution in [-0.2, 0) is 6.54 Å². The Labute approximate surface area is 149 Å². The van der Waals surface area contributed by atoms with Gasteiger partial charge in [0.1, 0.15) is 5.82 Å². The van der Waals surface area contributed by atoms with Crippen LogP contribution in [0.25, 0.3) is 0 Å². The number of nitrogens with zero attached hydrogens (tertiary/aromatic N) is 2. The molecular formula is C18H19BrFN3O. The Morgan fingerprint density at radius 2 is 1.71 bits per heavy atom. The predicted octanol–water partition coefficient (Wildman–Crippen LogP) is 3.62. The Kier molecular flexibility index (Phi) is 5.35. The van der Waals surface area contributed by atoms with E-state index in [9.17, 15) is 9.18 Å². The van der Waals surface area contributed by atoms with Gasteiger partial charge in [-0.25, -0.2) is 9.18 Å². The Balaban J connectivity index is 1.50. The minimum atomic E-state index is -0.270. The molecule has 1 aliphatic heterocycles. The Morgan fingerprint density at radius 3 is 2.38 bits per heavy atom. The number of anilines is 1. The predicted molar refractivity (Wildman–Crippen MR) is 96.6 cm³/mol. The molecular weight excluding hydrogens is 373 g/mol. The average Bonchev–Trinajstić information content (AvgIpc) is 2.61. The van der Waals surface area contributed by atoms with E-state index < -0.39 is 0 Å². The molecule has 1 aliphatic rings. The number of para-hydroxylation sites is 1. The van der Waals surface area contributed by atoms with Crippen molar-refractivity contribution in [1.82, 2.24) is 10.2 Å². The van der Waals surface area contributed by atoms with Gasteiger partial charge < -0.3 is 15.1 Å². The van der Waals surface area contributed by atoms with Gasteiger partial charge in [0.25, 0.3) is 0 Å². The minimum absolute atomic E-state index is 0.0777. The maximum Gasteiger partial charge on any atom is 0.317 e. The molecule has 0 atom stereocenters. The summed E-state index contributed by atoms with van der Waals surface area (Å²) in [7, 11) is 0. The SMILES string of the molecule is O=C(NCc1ccc(F)cc1)N1CCN(c2ccccc2Br)CC1. The second kappa shape index (κ2) is 7.66.